The van der Waals surface area contributed by atoms with Crippen LogP contribution in [0.4, 0.5) is 23.7 Å². The van der Waals surface area contributed by atoms with Crippen molar-refractivity contribution in [3.63, 3.8) is 0 Å². The van der Waals surface area contributed by atoms with Crippen LogP contribution in [0.25, 0.3) is 0 Å². The molecule has 1 atom stereocenters. The molecule has 0 saturated carbocycles. The molecule has 2 aromatic carbocycles. The topological polar surface area (TPSA) is 88.7 Å². The van der Waals surface area contributed by atoms with Gasteiger partial charge in [-0.1, -0.05) is 23.8 Å². The van der Waals surface area contributed by atoms with E-state index in [2.05, 4.69) is 20.7 Å². The molecule has 7 nitrogen and oxygen atoms in total. The standard InChI is InChI=1S/C23H24F3N3O4/c1-4-32-21(30)19-18(12-27-15-7-9-16(10-8-15)33-23(24,25)26)28-22(31)29-20(19)17-11-13(2)5-6-14(17)3/h5-11,20,27H,4,12H2,1-3H3,(H2,28,29,31)/t20-/m0/s1. The zero-order chi connectivity index (χ0) is 24.2. The molecule has 3 rings (SSSR count). The number of esters is 1. The highest BCUT2D eigenvalue weighted by Gasteiger charge is 2.34. The van der Waals surface area contributed by atoms with Gasteiger partial charge in [0.05, 0.1) is 30.5 Å². The highest BCUT2D eigenvalue weighted by atomic mass is 19.4. The Morgan fingerprint density at radius 2 is 1.82 bits per heavy atom. The van der Waals surface area contributed by atoms with Crippen LogP contribution in [0.2, 0.25) is 0 Å². The van der Waals surface area contributed by atoms with Crippen LogP contribution in [0, 0.1) is 13.8 Å². The van der Waals surface area contributed by atoms with E-state index < -0.39 is 24.4 Å². The van der Waals surface area contributed by atoms with Crippen LogP contribution in [0.1, 0.15) is 29.7 Å². The number of alkyl halides is 3. The van der Waals surface area contributed by atoms with Crippen LogP contribution in [0.15, 0.2) is 53.7 Å². The summed E-state index contributed by atoms with van der Waals surface area (Å²) in [6.07, 6.45) is -4.78. The molecular formula is C23H24F3N3O4. The largest absolute Gasteiger partial charge is 0.573 e. The summed E-state index contributed by atoms with van der Waals surface area (Å²) in [5.74, 6) is -0.939. The molecule has 1 aliphatic heterocycles. The monoisotopic (exact) mass is 463 g/mol. The van der Waals surface area contributed by atoms with Gasteiger partial charge in [-0.3, -0.25) is 0 Å². The molecule has 0 fully saturated rings. The van der Waals surface area contributed by atoms with Crippen LogP contribution in [0.5, 0.6) is 5.75 Å². The maximum atomic E-state index is 12.9. The number of amides is 2. The highest BCUT2D eigenvalue weighted by Crippen LogP contribution is 2.31. The third kappa shape index (κ3) is 6.18. The third-order valence-electron chi connectivity index (χ3n) is 4.95. The first-order valence-electron chi connectivity index (χ1n) is 10.2. The van der Waals surface area contributed by atoms with Crippen molar-refractivity contribution in [1.29, 1.82) is 0 Å². The summed E-state index contributed by atoms with van der Waals surface area (Å²) < 4.78 is 46.1. The van der Waals surface area contributed by atoms with E-state index >= 15 is 0 Å². The van der Waals surface area contributed by atoms with E-state index in [9.17, 15) is 22.8 Å². The number of urea groups is 1. The molecule has 2 amide bonds. The van der Waals surface area contributed by atoms with Crippen molar-refractivity contribution in [3.05, 3.63) is 70.4 Å². The second-order valence-electron chi connectivity index (χ2n) is 7.43. The first-order valence-corrected chi connectivity index (χ1v) is 10.2. The number of anilines is 1. The van der Waals surface area contributed by atoms with Gasteiger partial charge in [0.2, 0.25) is 0 Å². The molecule has 0 saturated heterocycles. The Kier molecular flexibility index (Phi) is 7.15. The van der Waals surface area contributed by atoms with Gasteiger partial charge in [0, 0.05) is 5.69 Å². The number of rotatable bonds is 7. The zero-order valence-corrected chi connectivity index (χ0v) is 18.3. The van der Waals surface area contributed by atoms with Gasteiger partial charge in [-0.05, 0) is 56.2 Å². The van der Waals surface area contributed by atoms with Crippen LogP contribution >= 0.6 is 0 Å². The van der Waals surface area contributed by atoms with Gasteiger partial charge in [0.15, 0.2) is 0 Å². The van der Waals surface area contributed by atoms with Gasteiger partial charge in [0.25, 0.3) is 0 Å². The molecule has 176 valence electrons. The molecule has 10 heteroatoms. The van der Waals surface area contributed by atoms with Gasteiger partial charge < -0.3 is 25.4 Å². The van der Waals surface area contributed by atoms with E-state index in [4.69, 9.17) is 4.74 Å². The Morgan fingerprint density at radius 1 is 1.12 bits per heavy atom. The van der Waals surface area contributed by atoms with E-state index in [1.54, 1.807) is 6.92 Å². The Balaban J connectivity index is 1.91. The van der Waals surface area contributed by atoms with Crippen LogP contribution < -0.4 is 20.7 Å². The number of halogens is 3. The third-order valence-corrected chi connectivity index (χ3v) is 4.95. The van der Waals surface area contributed by atoms with Gasteiger partial charge in [-0.2, -0.15) is 0 Å². The fourth-order valence-corrected chi connectivity index (χ4v) is 3.48. The zero-order valence-electron chi connectivity index (χ0n) is 18.3. The number of hydrogen-bond donors (Lipinski definition) is 3. The summed E-state index contributed by atoms with van der Waals surface area (Å²) in [6, 6.07) is 9.65. The van der Waals surface area contributed by atoms with Crippen molar-refractivity contribution in [2.75, 3.05) is 18.5 Å². The number of benzene rings is 2. The molecule has 0 spiro atoms. The molecule has 1 heterocycles. The predicted octanol–water partition coefficient (Wildman–Crippen LogP) is 4.49. The van der Waals surface area contributed by atoms with E-state index in [1.807, 2.05) is 32.0 Å². The Morgan fingerprint density at radius 3 is 2.45 bits per heavy atom. The second kappa shape index (κ2) is 9.85. The summed E-state index contributed by atoms with van der Waals surface area (Å²) >= 11 is 0. The quantitative estimate of drug-likeness (QED) is 0.527. The number of carbonyl (C=O) groups excluding carboxylic acids is 2. The number of ether oxygens (including phenoxy) is 2. The van der Waals surface area contributed by atoms with Crippen molar-refractivity contribution in [2.45, 2.75) is 33.2 Å². The summed E-state index contributed by atoms with van der Waals surface area (Å²) in [7, 11) is 0. The minimum absolute atomic E-state index is 0.0302. The Hall–Kier alpha value is -3.69. The van der Waals surface area contributed by atoms with E-state index in [1.165, 1.54) is 12.1 Å². The van der Waals surface area contributed by atoms with Crippen LogP contribution in [0.3, 0.4) is 0 Å². The van der Waals surface area contributed by atoms with E-state index in [0.717, 1.165) is 28.8 Å². The van der Waals surface area contributed by atoms with Gasteiger partial charge in [-0.15, -0.1) is 13.2 Å². The van der Waals surface area contributed by atoms with Gasteiger partial charge in [0.1, 0.15) is 5.75 Å². The van der Waals surface area contributed by atoms with Crippen molar-refractivity contribution >= 4 is 17.7 Å². The summed E-state index contributed by atoms with van der Waals surface area (Å²) in [4.78, 5) is 25.3. The van der Waals surface area contributed by atoms with Gasteiger partial charge in [-0.25, -0.2) is 9.59 Å². The van der Waals surface area contributed by atoms with Crippen molar-refractivity contribution in [1.82, 2.24) is 10.6 Å². The first-order chi connectivity index (χ1) is 15.6. The number of carbonyl (C=O) groups is 2. The number of nitrogens with one attached hydrogen (secondary N) is 3. The van der Waals surface area contributed by atoms with Crippen LogP contribution in [-0.2, 0) is 9.53 Å². The Labute approximate surface area is 189 Å². The highest BCUT2D eigenvalue weighted by molar-refractivity contribution is 5.95. The van der Waals surface area contributed by atoms with E-state index in [0.29, 0.717) is 11.4 Å². The molecule has 1 aliphatic rings. The van der Waals surface area contributed by atoms with Crippen molar-refractivity contribution < 1.29 is 32.2 Å². The second-order valence-corrected chi connectivity index (χ2v) is 7.43. The first kappa shape index (κ1) is 24.0. The Bertz CT molecular complexity index is 1070. The number of aryl methyl sites for hydroxylation is 2. The minimum atomic E-state index is -4.78. The molecule has 0 unspecified atom stereocenters. The van der Waals surface area contributed by atoms with Crippen LogP contribution in [-0.4, -0.2) is 31.5 Å². The fourth-order valence-electron chi connectivity index (χ4n) is 3.48. The molecule has 0 bridgehead atoms. The number of hydrogen-bond acceptors (Lipinski definition) is 5. The van der Waals surface area contributed by atoms with Gasteiger partial charge >= 0.3 is 18.4 Å². The lowest BCUT2D eigenvalue weighted by Crippen LogP contribution is -2.47. The molecule has 0 aromatic heterocycles. The summed E-state index contributed by atoms with van der Waals surface area (Å²) in [5, 5.41) is 8.44. The fraction of sp³-hybridized carbons (Fsp3) is 0.304. The SMILES string of the molecule is CCOC(=O)C1=C(CNc2ccc(OC(F)(F)F)cc2)NC(=O)N[C@H]1c1cc(C)ccc1C. The normalized spacial score (nSPS) is 16.1. The van der Waals surface area contributed by atoms with Crippen molar-refractivity contribution in [3.8, 4) is 5.75 Å². The molecular weight excluding hydrogens is 439 g/mol. The maximum Gasteiger partial charge on any atom is 0.573 e. The summed E-state index contributed by atoms with van der Waals surface area (Å²) in [5.41, 5.74) is 3.64. The molecule has 33 heavy (non-hydrogen) atoms. The lowest BCUT2D eigenvalue weighted by Gasteiger charge is -2.30. The summed E-state index contributed by atoms with van der Waals surface area (Å²) in [6.45, 7) is 5.66. The molecule has 0 aliphatic carbocycles. The maximum absolute atomic E-state index is 12.9. The average Bonchev–Trinajstić information content (AvgIpc) is 2.73. The molecule has 0 radical (unpaired) electrons. The lowest BCUT2D eigenvalue weighted by atomic mass is 9.91. The predicted molar refractivity (Wildman–Crippen MR) is 116 cm³/mol. The minimum Gasteiger partial charge on any atom is -0.463 e. The smallest absolute Gasteiger partial charge is 0.463 e. The molecule has 3 N–H and O–H groups in total. The van der Waals surface area contributed by atoms with E-state index in [-0.39, 0.29) is 24.5 Å². The van der Waals surface area contributed by atoms with Crippen molar-refractivity contribution in [2.24, 2.45) is 0 Å². The lowest BCUT2D eigenvalue weighted by molar-refractivity contribution is -0.274. The average molecular weight is 463 g/mol. The molecule has 2 aromatic rings.